The molecule has 0 N–H and O–H groups in total. The maximum Gasteiger partial charge on any atom is 0.223 e. The van der Waals surface area contributed by atoms with Crippen molar-refractivity contribution in [1.82, 2.24) is 9.88 Å². The van der Waals surface area contributed by atoms with Crippen LogP contribution in [0.3, 0.4) is 0 Å². The van der Waals surface area contributed by atoms with Gasteiger partial charge in [0.1, 0.15) is 0 Å². The molecule has 0 radical (unpaired) electrons. The summed E-state index contributed by atoms with van der Waals surface area (Å²) in [5.74, 6) is 0.378. The van der Waals surface area contributed by atoms with Crippen molar-refractivity contribution in [2.24, 2.45) is 5.92 Å². The fourth-order valence-corrected chi connectivity index (χ4v) is 6.10. The first-order chi connectivity index (χ1) is 12.0. The SMILES string of the molecule is O=C(C[C@@H]1C=CS(=O)(=O)C1)N1CCC(c2nc3ccccc3s2)CC1. The molecule has 25 heavy (non-hydrogen) atoms. The Bertz CT molecular complexity index is 892. The number of hydrogen-bond donors (Lipinski definition) is 0. The summed E-state index contributed by atoms with van der Waals surface area (Å²) in [6, 6.07) is 8.17. The number of allylic oxidation sites excluding steroid dienone is 1. The van der Waals surface area contributed by atoms with E-state index in [1.165, 1.54) is 10.1 Å². The normalized spacial score (nSPS) is 23.4. The summed E-state index contributed by atoms with van der Waals surface area (Å²) in [5.41, 5.74) is 1.05. The number of sulfone groups is 1. The molecule has 3 heterocycles. The van der Waals surface area contributed by atoms with Crippen molar-refractivity contribution < 1.29 is 13.2 Å². The maximum atomic E-state index is 12.4. The average molecular weight is 377 g/mol. The monoisotopic (exact) mass is 376 g/mol. The Kier molecular flexibility index (Phi) is 4.37. The van der Waals surface area contributed by atoms with Crippen LogP contribution in [0.4, 0.5) is 0 Å². The molecule has 1 saturated heterocycles. The van der Waals surface area contributed by atoms with Crippen molar-refractivity contribution in [3.63, 3.8) is 0 Å². The number of nitrogens with zero attached hydrogens (tertiary/aromatic N) is 2. The van der Waals surface area contributed by atoms with Crippen molar-refractivity contribution in [3.8, 4) is 0 Å². The van der Waals surface area contributed by atoms with Gasteiger partial charge < -0.3 is 4.90 Å². The van der Waals surface area contributed by atoms with E-state index in [4.69, 9.17) is 4.98 Å². The zero-order valence-electron chi connectivity index (χ0n) is 13.8. The molecule has 0 bridgehead atoms. The zero-order valence-corrected chi connectivity index (χ0v) is 15.4. The van der Waals surface area contributed by atoms with Gasteiger partial charge in [0.05, 0.1) is 21.0 Å². The van der Waals surface area contributed by atoms with Gasteiger partial charge in [0.25, 0.3) is 0 Å². The van der Waals surface area contributed by atoms with Gasteiger partial charge in [-0.2, -0.15) is 0 Å². The Labute approximate surface area is 151 Å². The summed E-state index contributed by atoms with van der Waals surface area (Å²) < 4.78 is 24.1. The van der Waals surface area contributed by atoms with E-state index in [1.54, 1.807) is 17.4 Å². The number of likely N-dealkylation sites (tertiary alicyclic amines) is 1. The first kappa shape index (κ1) is 16.7. The largest absolute Gasteiger partial charge is 0.343 e. The lowest BCUT2D eigenvalue weighted by Crippen LogP contribution is -2.38. The van der Waals surface area contributed by atoms with E-state index in [1.807, 2.05) is 23.1 Å². The number of fused-ring (bicyclic) bond motifs is 1. The number of para-hydroxylation sites is 1. The number of amides is 1. The summed E-state index contributed by atoms with van der Waals surface area (Å²) in [6.07, 6.45) is 3.79. The highest BCUT2D eigenvalue weighted by Gasteiger charge is 2.29. The minimum absolute atomic E-state index is 0.0644. The molecular weight excluding hydrogens is 356 g/mol. The Hall–Kier alpha value is -1.73. The van der Waals surface area contributed by atoms with E-state index < -0.39 is 9.84 Å². The third-order valence-corrected chi connectivity index (χ3v) is 7.61. The minimum Gasteiger partial charge on any atom is -0.343 e. The van der Waals surface area contributed by atoms with Crippen LogP contribution in [0.2, 0.25) is 0 Å². The fourth-order valence-electron chi connectivity index (χ4n) is 3.56. The van der Waals surface area contributed by atoms with Gasteiger partial charge in [-0.3, -0.25) is 4.79 Å². The molecule has 7 heteroatoms. The molecule has 5 nitrogen and oxygen atoms in total. The first-order valence-electron chi connectivity index (χ1n) is 8.54. The Balaban J connectivity index is 1.35. The molecule has 0 unspecified atom stereocenters. The lowest BCUT2D eigenvalue weighted by Gasteiger charge is -2.31. The van der Waals surface area contributed by atoms with E-state index in [0.29, 0.717) is 12.3 Å². The molecule has 1 atom stereocenters. The second-order valence-electron chi connectivity index (χ2n) is 6.80. The average Bonchev–Trinajstić information content (AvgIpc) is 3.18. The van der Waals surface area contributed by atoms with E-state index in [9.17, 15) is 13.2 Å². The number of thiazole rings is 1. The zero-order chi connectivity index (χ0) is 17.4. The van der Waals surface area contributed by atoms with Gasteiger partial charge in [-0.15, -0.1) is 11.3 Å². The van der Waals surface area contributed by atoms with E-state index >= 15 is 0 Å². The van der Waals surface area contributed by atoms with Crippen LogP contribution in [0.1, 0.15) is 30.2 Å². The van der Waals surface area contributed by atoms with Crippen LogP contribution in [0.15, 0.2) is 35.7 Å². The molecule has 1 aromatic carbocycles. The molecule has 0 saturated carbocycles. The van der Waals surface area contributed by atoms with Crippen LogP contribution in [0.25, 0.3) is 10.2 Å². The fraction of sp³-hybridized carbons (Fsp3) is 0.444. The van der Waals surface area contributed by atoms with Crippen molar-refractivity contribution in [2.75, 3.05) is 18.8 Å². The second kappa shape index (κ2) is 6.53. The van der Waals surface area contributed by atoms with Gasteiger partial charge in [0.2, 0.25) is 5.91 Å². The standard InChI is InChI=1S/C18H20N2O3S2/c21-17(11-13-7-10-25(22,23)12-13)20-8-5-14(6-9-20)18-19-15-3-1-2-4-16(15)24-18/h1-4,7,10,13-14H,5-6,8-9,11-12H2/t13-/m0/s1. The molecule has 4 rings (SSSR count). The quantitative estimate of drug-likeness (QED) is 0.826. The number of benzene rings is 1. The number of aromatic nitrogens is 1. The van der Waals surface area contributed by atoms with Gasteiger partial charge in [-0.25, -0.2) is 13.4 Å². The molecule has 0 aliphatic carbocycles. The Morgan fingerprint density at radius 2 is 2.00 bits per heavy atom. The van der Waals surface area contributed by atoms with Gasteiger partial charge in [-0.1, -0.05) is 18.2 Å². The summed E-state index contributed by atoms with van der Waals surface area (Å²) >= 11 is 1.75. The molecule has 2 aromatic rings. The number of rotatable bonds is 3. The van der Waals surface area contributed by atoms with Gasteiger partial charge in [-0.05, 0) is 25.0 Å². The molecule has 2 aliphatic rings. The first-order valence-corrected chi connectivity index (χ1v) is 11.1. The van der Waals surface area contributed by atoms with Crippen molar-refractivity contribution in [2.45, 2.75) is 25.2 Å². The van der Waals surface area contributed by atoms with Crippen LogP contribution in [-0.2, 0) is 14.6 Å². The molecule has 1 amide bonds. The summed E-state index contributed by atoms with van der Waals surface area (Å²) in [4.78, 5) is 19.1. The highest BCUT2D eigenvalue weighted by molar-refractivity contribution is 7.94. The third-order valence-electron chi connectivity index (χ3n) is 4.95. The van der Waals surface area contributed by atoms with Crippen molar-refractivity contribution in [1.29, 1.82) is 0 Å². The number of carbonyl (C=O) groups is 1. The number of hydrogen-bond acceptors (Lipinski definition) is 5. The summed E-state index contributed by atoms with van der Waals surface area (Å²) in [6.45, 7) is 1.45. The van der Waals surface area contributed by atoms with Crippen LogP contribution in [0.5, 0.6) is 0 Å². The third kappa shape index (κ3) is 3.62. The van der Waals surface area contributed by atoms with Gasteiger partial charge >= 0.3 is 0 Å². The molecule has 2 aliphatic heterocycles. The highest BCUT2D eigenvalue weighted by Crippen LogP contribution is 2.34. The van der Waals surface area contributed by atoms with Gasteiger partial charge in [0.15, 0.2) is 9.84 Å². The van der Waals surface area contributed by atoms with E-state index in [2.05, 4.69) is 6.07 Å². The van der Waals surface area contributed by atoms with Crippen molar-refractivity contribution in [3.05, 3.63) is 40.8 Å². The minimum atomic E-state index is -3.09. The molecule has 1 aromatic heterocycles. The predicted octanol–water partition coefficient (Wildman–Crippen LogP) is 2.95. The highest BCUT2D eigenvalue weighted by atomic mass is 32.2. The summed E-state index contributed by atoms with van der Waals surface area (Å²) in [7, 11) is -3.09. The predicted molar refractivity (Wildman–Crippen MR) is 99.2 cm³/mol. The Morgan fingerprint density at radius 1 is 1.24 bits per heavy atom. The van der Waals surface area contributed by atoms with Crippen LogP contribution in [-0.4, -0.2) is 43.1 Å². The molecule has 0 spiro atoms. The van der Waals surface area contributed by atoms with Crippen LogP contribution < -0.4 is 0 Å². The van der Waals surface area contributed by atoms with E-state index in [0.717, 1.165) is 36.5 Å². The lowest BCUT2D eigenvalue weighted by molar-refractivity contribution is -0.132. The Morgan fingerprint density at radius 3 is 2.68 bits per heavy atom. The number of piperidine rings is 1. The lowest BCUT2D eigenvalue weighted by atomic mass is 9.96. The smallest absolute Gasteiger partial charge is 0.223 e. The molecular formula is C18H20N2O3S2. The molecule has 1 fully saturated rings. The maximum absolute atomic E-state index is 12.4. The second-order valence-corrected chi connectivity index (χ2v) is 9.79. The van der Waals surface area contributed by atoms with Crippen LogP contribution in [0, 0.1) is 5.92 Å². The van der Waals surface area contributed by atoms with Gasteiger partial charge in [0, 0.05) is 36.8 Å². The summed E-state index contributed by atoms with van der Waals surface area (Å²) in [5, 5.41) is 2.41. The number of carbonyl (C=O) groups excluding carboxylic acids is 1. The van der Waals surface area contributed by atoms with Crippen molar-refractivity contribution >= 4 is 37.3 Å². The molecule has 132 valence electrons. The van der Waals surface area contributed by atoms with E-state index in [-0.39, 0.29) is 17.6 Å². The topological polar surface area (TPSA) is 67.3 Å². The van der Waals surface area contributed by atoms with Crippen LogP contribution >= 0.6 is 11.3 Å².